The van der Waals surface area contributed by atoms with Gasteiger partial charge in [-0.3, -0.25) is 5.41 Å². The topological polar surface area (TPSA) is 59.1 Å². The summed E-state index contributed by atoms with van der Waals surface area (Å²) in [6, 6.07) is 7.53. The minimum absolute atomic E-state index is 0.143. The van der Waals surface area contributed by atoms with Gasteiger partial charge in [0.15, 0.2) is 0 Å². The highest BCUT2D eigenvalue weighted by Crippen LogP contribution is 2.15. The van der Waals surface area contributed by atoms with Gasteiger partial charge in [0.25, 0.3) is 0 Å². The molecule has 1 rings (SSSR count). The van der Waals surface area contributed by atoms with Crippen LogP contribution >= 0.6 is 11.6 Å². The Bertz CT molecular complexity index is 315. The van der Waals surface area contributed by atoms with E-state index in [1.54, 1.807) is 0 Å². The van der Waals surface area contributed by atoms with Crippen LogP contribution in [0.3, 0.4) is 0 Å². The fourth-order valence-electron chi connectivity index (χ4n) is 0.980. The van der Waals surface area contributed by atoms with Crippen molar-refractivity contribution >= 4 is 17.4 Å². The van der Waals surface area contributed by atoms with Crippen LogP contribution < -0.4 is 5.73 Å². The zero-order valence-electron chi connectivity index (χ0n) is 7.79. The summed E-state index contributed by atoms with van der Waals surface area (Å²) in [4.78, 5) is 0. The summed E-state index contributed by atoms with van der Waals surface area (Å²) in [6.07, 6.45) is 0.463. The Labute approximate surface area is 88.3 Å². The first-order chi connectivity index (χ1) is 6.70. The molecule has 0 heterocycles. The number of halogens is 1. The lowest BCUT2D eigenvalue weighted by Crippen LogP contribution is -2.12. The van der Waals surface area contributed by atoms with Gasteiger partial charge in [-0.05, 0) is 11.6 Å². The predicted molar refractivity (Wildman–Crippen MR) is 57.6 cm³/mol. The van der Waals surface area contributed by atoms with Gasteiger partial charge in [0.2, 0.25) is 0 Å². The minimum Gasteiger partial charge on any atom is -0.388 e. The maximum absolute atomic E-state index is 6.99. The highest BCUT2D eigenvalue weighted by molar-refractivity contribution is 6.31. The molecular weight excluding hydrogens is 200 g/mol. The predicted octanol–water partition coefficient (Wildman–Crippen LogP) is 2.18. The van der Waals surface area contributed by atoms with Crippen LogP contribution in [0.25, 0.3) is 0 Å². The Morgan fingerprint density at radius 2 is 2.14 bits per heavy atom. The SMILES string of the molecule is N=C(N)CCOCc1ccccc1Cl. The van der Waals surface area contributed by atoms with Gasteiger partial charge in [0.1, 0.15) is 0 Å². The molecule has 1 aromatic carbocycles. The third-order valence-corrected chi connectivity index (χ3v) is 2.10. The fourth-order valence-corrected chi connectivity index (χ4v) is 1.17. The molecule has 4 heteroatoms. The van der Waals surface area contributed by atoms with Crippen LogP contribution in [0.4, 0.5) is 0 Å². The molecule has 14 heavy (non-hydrogen) atoms. The number of hydrogen-bond donors (Lipinski definition) is 2. The van der Waals surface area contributed by atoms with Crippen LogP contribution in [0.2, 0.25) is 5.02 Å². The van der Waals surface area contributed by atoms with E-state index in [2.05, 4.69) is 0 Å². The number of amidine groups is 1. The van der Waals surface area contributed by atoms with Gasteiger partial charge in [0, 0.05) is 11.4 Å². The average molecular weight is 213 g/mol. The van der Waals surface area contributed by atoms with Crippen molar-refractivity contribution in [3.63, 3.8) is 0 Å². The Morgan fingerprint density at radius 3 is 2.79 bits per heavy atom. The minimum atomic E-state index is 0.143. The summed E-state index contributed by atoms with van der Waals surface area (Å²) in [7, 11) is 0. The molecule has 3 N–H and O–H groups in total. The van der Waals surface area contributed by atoms with Gasteiger partial charge in [-0.25, -0.2) is 0 Å². The molecular formula is C10H13ClN2O. The van der Waals surface area contributed by atoms with Crippen LogP contribution in [-0.4, -0.2) is 12.4 Å². The van der Waals surface area contributed by atoms with E-state index >= 15 is 0 Å². The summed E-state index contributed by atoms with van der Waals surface area (Å²) < 4.78 is 5.31. The second-order valence-corrected chi connectivity index (χ2v) is 3.33. The van der Waals surface area contributed by atoms with E-state index in [0.29, 0.717) is 24.7 Å². The molecule has 0 saturated heterocycles. The molecule has 0 bridgehead atoms. The molecule has 76 valence electrons. The Morgan fingerprint density at radius 1 is 1.43 bits per heavy atom. The maximum Gasteiger partial charge on any atom is 0.0928 e. The van der Waals surface area contributed by atoms with E-state index in [1.807, 2.05) is 24.3 Å². The number of nitrogens with one attached hydrogen (secondary N) is 1. The van der Waals surface area contributed by atoms with Gasteiger partial charge in [-0.15, -0.1) is 0 Å². The molecule has 0 saturated carbocycles. The van der Waals surface area contributed by atoms with Crippen molar-refractivity contribution in [1.29, 1.82) is 5.41 Å². The normalized spacial score (nSPS) is 10.1. The molecule has 0 unspecified atom stereocenters. The number of ether oxygens (including phenoxy) is 1. The van der Waals surface area contributed by atoms with Crippen LogP contribution in [0, 0.1) is 5.41 Å². The van der Waals surface area contributed by atoms with Gasteiger partial charge >= 0.3 is 0 Å². The van der Waals surface area contributed by atoms with Crippen molar-refractivity contribution in [2.45, 2.75) is 13.0 Å². The van der Waals surface area contributed by atoms with Crippen LogP contribution in [0.1, 0.15) is 12.0 Å². The van der Waals surface area contributed by atoms with Crippen LogP contribution in [-0.2, 0) is 11.3 Å². The van der Waals surface area contributed by atoms with E-state index in [1.165, 1.54) is 0 Å². The van der Waals surface area contributed by atoms with E-state index in [4.69, 9.17) is 27.5 Å². The third-order valence-electron chi connectivity index (χ3n) is 1.73. The highest BCUT2D eigenvalue weighted by atomic mass is 35.5. The third kappa shape index (κ3) is 3.77. The average Bonchev–Trinajstić information content (AvgIpc) is 2.15. The molecule has 0 aliphatic carbocycles. The van der Waals surface area contributed by atoms with Crippen molar-refractivity contribution in [1.82, 2.24) is 0 Å². The van der Waals surface area contributed by atoms with Crippen molar-refractivity contribution < 1.29 is 4.74 Å². The van der Waals surface area contributed by atoms with Crippen molar-refractivity contribution in [2.75, 3.05) is 6.61 Å². The van der Waals surface area contributed by atoms with Crippen LogP contribution in [0.15, 0.2) is 24.3 Å². The van der Waals surface area contributed by atoms with Gasteiger partial charge in [-0.2, -0.15) is 0 Å². The lowest BCUT2D eigenvalue weighted by atomic mass is 10.2. The summed E-state index contributed by atoms with van der Waals surface area (Å²) >= 11 is 5.92. The maximum atomic E-state index is 6.99. The molecule has 0 amide bonds. The number of rotatable bonds is 5. The highest BCUT2D eigenvalue weighted by Gasteiger charge is 1.98. The molecule has 0 fully saturated rings. The van der Waals surface area contributed by atoms with Crippen molar-refractivity contribution in [2.24, 2.45) is 5.73 Å². The fraction of sp³-hybridized carbons (Fsp3) is 0.300. The number of hydrogen-bond acceptors (Lipinski definition) is 2. The zero-order valence-corrected chi connectivity index (χ0v) is 8.55. The van der Waals surface area contributed by atoms with Crippen molar-refractivity contribution in [3.8, 4) is 0 Å². The molecule has 3 nitrogen and oxygen atoms in total. The van der Waals surface area contributed by atoms with Gasteiger partial charge in [0.05, 0.1) is 19.0 Å². The Hall–Kier alpha value is -1.06. The summed E-state index contributed by atoms with van der Waals surface area (Å²) in [6.45, 7) is 0.924. The van der Waals surface area contributed by atoms with Gasteiger partial charge in [-0.1, -0.05) is 29.8 Å². The molecule has 0 aliphatic heterocycles. The molecule has 0 aliphatic rings. The standard InChI is InChI=1S/C10H13ClN2O/c11-9-4-2-1-3-8(9)7-14-6-5-10(12)13/h1-4H,5-7H2,(H3,12,13). The Kier molecular flexibility index (Phi) is 4.43. The number of benzene rings is 1. The number of nitrogens with two attached hydrogens (primary N) is 1. The molecule has 0 spiro atoms. The first kappa shape index (κ1) is 11.0. The lowest BCUT2D eigenvalue weighted by Gasteiger charge is -2.05. The molecule has 1 aromatic rings. The summed E-state index contributed by atoms with van der Waals surface area (Å²) in [5.41, 5.74) is 6.14. The largest absolute Gasteiger partial charge is 0.388 e. The first-order valence-electron chi connectivity index (χ1n) is 4.34. The van der Waals surface area contributed by atoms with E-state index in [0.717, 1.165) is 5.56 Å². The quantitative estimate of drug-likeness (QED) is 0.447. The smallest absolute Gasteiger partial charge is 0.0928 e. The first-order valence-corrected chi connectivity index (χ1v) is 4.72. The summed E-state index contributed by atoms with van der Waals surface area (Å²) in [5.74, 6) is 0.143. The van der Waals surface area contributed by atoms with Crippen LogP contribution in [0.5, 0.6) is 0 Å². The van der Waals surface area contributed by atoms with Crippen molar-refractivity contribution in [3.05, 3.63) is 34.9 Å². The zero-order chi connectivity index (χ0) is 10.4. The molecule has 0 aromatic heterocycles. The Balaban J connectivity index is 2.31. The lowest BCUT2D eigenvalue weighted by molar-refractivity contribution is 0.127. The van der Waals surface area contributed by atoms with E-state index in [9.17, 15) is 0 Å². The molecule has 0 atom stereocenters. The van der Waals surface area contributed by atoms with E-state index in [-0.39, 0.29) is 5.84 Å². The monoisotopic (exact) mass is 212 g/mol. The van der Waals surface area contributed by atoms with E-state index < -0.39 is 0 Å². The molecule has 0 radical (unpaired) electrons. The summed E-state index contributed by atoms with van der Waals surface area (Å²) in [5, 5.41) is 7.70. The second-order valence-electron chi connectivity index (χ2n) is 2.92. The van der Waals surface area contributed by atoms with Gasteiger partial charge < -0.3 is 10.5 Å². The second kappa shape index (κ2) is 5.62.